The highest BCUT2D eigenvalue weighted by Crippen LogP contribution is 2.26. The molecule has 0 aliphatic carbocycles. The highest BCUT2D eigenvalue weighted by molar-refractivity contribution is 9.10. The number of rotatable bonds is 5. The van der Waals surface area contributed by atoms with E-state index in [0.717, 1.165) is 52.9 Å². The Kier molecular flexibility index (Phi) is 7.41. The minimum absolute atomic E-state index is 0.0484. The van der Waals surface area contributed by atoms with Gasteiger partial charge in [-0.05, 0) is 49.6 Å². The molecular weight excluding hydrogens is 516 g/mol. The van der Waals surface area contributed by atoms with Crippen molar-refractivity contribution in [2.75, 3.05) is 26.2 Å². The highest BCUT2D eigenvalue weighted by Gasteiger charge is 2.24. The van der Waals surface area contributed by atoms with Crippen LogP contribution in [0.4, 0.5) is 0 Å². The van der Waals surface area contributed by atoms with Gasteiger partial charge in [-0.15, -0.1) is 5.10 Å². The van der Waals surface area contributed by atoms with Crippen LogP contribution in [0.15, 0.2) is 82.0 Å². The van der Waals surface area contributed by atoms with Crippen LogP contribution in [0.1, 0.15) is 18.4 Å². The summed E-state index contributed by atoms with van der Waals surface area (Å²) in [5.74, 6) is 2.36. The first kappa shape index (κ1) is 24.2. The Morgan fingerprint density at radius 2 is 1.81 bits per heavy atom. The van der Waals surface area contributed by atoms with Crippen LogP contribution in [-0.4, -0.2) is 62.9 Å². The molecule has 0 N–H and O–H groups in total. The zero-order chi connectivity index (χ0) is 24.9. The van der Waals surface area contributed by atoms with Crippen molar-refractivity contribution in [3.63, 3.8) is 0 Å². The van der Waals surface area contributed by atoms with Crippen LogP contribution in [0.2, 0.25) is 0 Å². The van der Waals surface area contributed by atoms with E-state index in [-0.39, 0.29) is 12.5 Å². The molecule has 0 saturated carbocycles. The van der Waals surface area contributed by atoms with Gasteiger partial charge in [-0.1, -0.05) is 58.4 Å². The van der Waals surface area contributed by atoms with E-state index in [1.54, 1.807) is 4.68 Å². The van der Waals surface area contributed by atoms with Gasteiger partial charge in [0.1, 0.15) is 12.4 Å². The van der Waals surface area contributed by atoms with Crippen molar-refractivity contribution in [1.82, 2.24) is 24.6 Å². The summed E-state index contributed by atoms with van der Waals surface area (Å²) < 4.78 is 2.78. The molecule has 1 fully saturated rings. The Balaban J connectivity index is 1.34. The molecule has 184 valence electrons. The molecule has 0 bridgehead atoms. The molecule has 8 heteroatoms. The number of carbonyl (C=O) groups is 1. The Hall–Kier alpha value is -3.52. The molecule has 2 aromatic carbocycles. The monoisotopic (exact) mass is 544 g/mol. The number of carbonyl (C=O) groups excluding carboxylic acids is 1. The summed E-state index contributed by atoms with van der Waals surface area (Å²) in [6.07, 6.45) is 10.2. The molecule has 1 amide bonds. The lowest BCUT2D eigenvalue weighted by Gasteiger charge is -2.36. The SMILES string of the molecule is Cc1cc(-c2nc(-c3ccccc3)nn2CC(=O)N2CCN(C3=CCCC=CC=N3)CC2)ccc1Br. The van der Waals surface area contributed by atoms with Crippen LogP contribution >= 0.6 is 15.9 Å². The summed E-state index contributed by atoms with van der Waals surface area (Å²) in [6, 6.07) is 16.0. The van der Waals surface area contributed by atoms with E-state index in [1.165, 1.54) is 0 Å². The van der Waals surface area contributed by atoms with Crippen molar-refractivity contribution in [3.8, 4) is 22.8 Å². The predicted molar refractivity (Wildman–Crippen MR) is 146 cm³/mol. The number of amides is 1. The maximum Gasteiger partial charge on any atom is 0.244 e. The minimum Gasteiger partial charge on any atom is -0.353 e. The van der Waals surface area contributed by atoms with Crippen LogP contribution in [0.5, 0.6) is 0 Å². The lowest BCUT2D eigenvalue weighted by atomic mass is 10.1. The van der Waals surface area contributed by atoms with E-state index in [2.05, 4.69) is 44.0 Å². The van der Waals surface area contributed by atoms with Crippen molar-refractivity contribution in [2.24, 2.45) is 4.99 Å². The second kappa shape index (κ2) is 11.0. The molecule has 1 aromatic heterocycles. The van der Waals surface area contributed by atoms with Gasteiger partial charge in [-0.3, -0.25) is 4.79 Å². The molecule has 0 atom stereocenters. The lowest BCUT2D eigenvalue weighted by molar-refractivity contribution is -0.133. The van der Waals surface area contributed by atoms with Gasteiger partial charge >= 0.3 is 0 Å². The number of halogens is 1. The number of piperazine rings is 1. The normalized spacial score (nSPS) is 16.0. The summed E-state index contributed by atoms with van der Waals surface area (Å²) in [5.41, 5.74) is 2.97. The average molecular weight is 545 g/mol. The van der Waals surface area contributed by atoms with E-state index < -0.39 is 0 Å². The van der Waals surface area contributed by atoms with E-state index in [1.807, 2.05) is 66.6 Å². The van der Waals surface area contributed by atoms with Gasteiger partial charge in [0.2, 0.25) is 5.91 Å². The van der Waals surface area contributed by atoms with E-state index in [4.69, 9.17) is 10.1 Å². The van der Waals surface area contributed by atoms with Crippen LogP contribution in [-0.2, 0) is 11.3 Å². The highest BCUT2D eigenvalue weighted by atomic mass is 79.9. The van der Waals surface area contributed by atoms with Crippen LogP contribution < -0.4 is 0 Å². The Bertz CT molecular complexity index is 1320. The van der Waals surface area contributed by atoms with Gasteiger partial charge in [-0.25, -0.2) is 14.7 Å². The molecule has 3 heterocycles. The van der Waals surface area contributed by atoms with Gasteiger partial charge in [-0.2, -0.15) is 0 Å². The molecule has 0 radical (unpaired) electrons. The molecule has 0 spiro atoms. The molecule has 1 saturated heterocycles. The second-order valence-corrected chi connectivity index (χ2v) is 9.81. The average Bonchev–Trinajstić information content (AvgIpc) is 3.30. The summed E-state index contributed by atoms with van der Waals surface area (Å²) in [7, 11) is 0. The fraction of sp³-hybridized carbons (Fsp3) is 0.286. The number of hydrogen-bond acceptors (Lipinski definition) is 5. The number of nitrogens with zero attached hydrogens (tertiary/aromatic N) is 6. The zero-order valence-electron chi connectivity index (χ0n) is 20.3. The van der Waals surface area contributed by atoms with Crippen LogP contribution in [0, 0.1) is 6.92 Å². The van der Waals surface area contributed by atoms with Crippen molar-refractivity contribution in [1.29, 1.82) is 0 Å². The summed E-state index contributed by atoms with van der Waals surface area (Å²) >= 11 is 3.57. The predicted octanol–water partition coefficient (Wildman–Crippen LogP) is 5.09. The second-order valence-electron chi connectivity index (χ2n) is 8.96. The first-order chi connectivity index (χ1) is 17.6. The van der Waals surface area contributed by atoms with Gasteiger partial charge < -0.3 is 9.80 Å². The van der Waals surface area contributed by atoms with Gasteiger partial charge in [0, 0.05) is 48.0 Å². The van der Waals surface area contributed by atoms with Gasteiger partial charge in [0.25, 0.3) is 0 Å². The van der Waals surface area contributed by atoms with Crippen molar-refractivity contribution in [3.05, 3.63) is 82.6 Å². The molecule has 5 rings (SSSR count). The molecule has 3 aromatic rings. The number of hydrogen-bond donors (Lipinski definition) is 0. The Morgan fingerprint density at radius 3 is 2.58 bits per heavy atom. The lowest BCUT2D eigenvalue weighted by Crippen LogP contribution is -2.49. The molecular formula is C28H29BrN6O. The molecule has 7 nitrogen and oxygen atoms in total. The topological polar surface area (TPSA) is 66.6 Å². The maximum atomic E-state index is 13.4. The number of aliphatic imine (C=N–C) groups is 1. The molecule has 0 unspecified atom stereocenters. The minimum atomic E-state index is 0.0484. The Morgan fingerprint density at radius 1 is 1.00 bits per heavy atom. The largest absolute Gasteiger partial charge is 0.353 e. The van der Waals surface area contributed by atoms with Crippen LogP contribution in [0.3, 0.4) is 0 Å². The first-order valence-corrected chi connectivity index (χ1v) is 13.1. The fourth-order valence-electron chi connectivity index (χ4n) is 4.42. The fourth-order valence-corrected chi connectivity index (χ4v) is 4.67. The summed E-state index contributed by atoms with van der Waals surface area (Å²) in [6.45, 7) is 5.05. The van der Waals surface area contributed by atoms with Crippen molar-refractivity contribution >= 4 is 28.1 Å². The third-order valence-electron chi connectivity index (χ3n) is 6.45. The summed E-state index contributed by atoms with van der Waals surface area (Å²) in [5, 5.41) is 4.75. The smallest absolute Gasteiger partial charge is 0.244 e. The molecule has 2 aliphatic heterocycles. The molecule has 2 aliphatic rings. The summed E-state index contributed by atoms with van der Waals surface area (Å²) in [4.78, 5) is 27.0. The Labute approximate surface area is 220 Å². The van der Waals surface area contributed by atoms with E-state index >= 15 is 0 Å². The van der Waals surface area contributed by atoms with Crippen molar-refractivity contribution in [2.45, 2.75) is 26.3 Å². The number of aromatic nitrogens is 3. The van der Waals surface area contributed by atoms with E-state index in [0.29, 0.717) is 24.7 Å². The molecule has 36 heavy (non-hydrogen) atoms. The van der Waals surface area contributed by atoms with Gasteiger partial charge in [0.05, 0.1) is 0 Å². The number of allylic oxidation sites excluding steroid dienone is 3. The third kappa shape index (κ3) is 5.49. The number of benzene rings is 2. The zero-order valence-corrected chi connectivity index (χ0v) is 21.9. The number of aryl methyl sites for hydroxylation is 1. The quantitative estimate of drug-likeness (QED) is 0.448. The standard InChI is InChI=1S/C28H29BrN6O/c1-21-19-23(12-13-24(21)29)28-31-27(22-9-5-4-6-10-22)32-35(28)20-26(36)34-17-15-33(16-18-34)25-11-7-2-3-8-14-30-25/h3-6,8-14,19H,2,7,15-18,20H2,1H3. The first-order valence-electron chi connectivity index (χ1n) is 12.3. The van der Waals surface area contributed by atoms with E-state index in [9.17, 15) is 4.79 Å². The van der Waals surface area contributed by atoms with Crippen molar-refractivity contribution < 1.29 is 4.79 Å². The van der Waals surface area contributed by atoms with Gasteiger partial charge in [0.15, 0.2) is 11.6 Å². The van der Waals surface area contributed by atoms with Crippen LogP contribution in [0.25, 0.3) is 22.8 Å². The third-order valence-corrected chi connectivity index (χ3v) is 7.34. The maximum absolute atomic E-state index is 13.4.